The lowest BCUT2D eigenvalue weighted by molar-refractivity contribution is -0.274. The Hall–Kier alpha value is -1.95. The maximum Gasteiger partial charge on any atom is 0.573 e. The van der Waals surface area contributed by atoms with Gasteiger partial charge in [-0.3, -0.25) is 0 Å². The largest absolute Gasteiger partial charge is 0.573 e. The van der Waals surface area contributed by atoms with Crippen LogP contribution in [0.5, 0.6) is 5.75 Å². The molecule has 0 bridgehead atoms. The summed E-state index contributed by atoms with van der Waals surface area (Å²) in [4.78, 5) is 0. The minimum atomic E-state index is -4.70. The SMILES string of the molecule is CCCNC(c1cccc(OC(F)(F)F)c1)c1ccco1. The van der Waals surface area contributed by atoms with E-state index in [9.17, 15) is 13.2 Å². The summed E-state index contributed by atoms with van der Waals surface area (Å²) in [6.07, 6.45) is -2.27. The van der Waals surface area contributed by atoms with Crippen LogP contribution in [0.25, 0.3) is 0 Å². The second-order valence-corrected chi connectivity index (χ2v) is 4.52. The summed E-state index contributed by atoms with van der Waals surface area (Å²) in [6.45, 7) is 2.73. The zero-order valence-corrected chi connectivity index (χ0v) is 11.5. The van der Waals surface area contributed by atoms with Crippen molar-refractivity contribution in [3.63, 3.8) is 0 Å². The molecule has 3 nitrogen and oxygen atoms in total. The Bertz CT molecular complexity index is 552. The Balaban J connectivity index is 2.25. The molecule has 1 N–H and O–H groups in total. The van der Waals surface area contributed by atoms with Gasteiger partial charge in [0.1, 0.15) is 11.5 Å². The van der Waals surface area contributed by atoms with Crippen LogP contribution in [0.3, 0.4) is 0 Å². The molecule has 0 fully saturated rings. The van der Waals surface area contributed by atoms with Crippen molar-refractivity contribution in [3.8, 4) is 5.75 Å². The third-order valence-electron chi connectivity index (χ3n) is 2.85. The Morgan fingerprint density at radius 1 is 1.24 bits per heavy atom. The molecule has 0 aliphatic carbocycles. The fourth-order valence-corrected chi connectivity index (χ4v) is 2.02. The molecule has 1 aromatic heterocycles. The van der Waals surface area contributed by atoms with Gasteiger partial charge in [0.25, 0.3) is 0 Å². The van der Waals surface area contributed by atoms with E-state index in [2.05, 4.69) is 10.1 Å². The molecule has 1 aromatic carbocycles. The summed E-state index contributed by atoms with van der Waals surface area (Å²) in [5, 5.41) is 3.25. The highest BCUT2D eigenvalue weighted by atomic mass is 19.4. The lowest BCUT2D eigenvalue weighted by atomic mass is 10.0. The molecular formula is C15H16F3NO2. The molecule has 2 rings (SSSR count). The average molecular weight is 299 g/mol. The summed E-state index contributed by atoms with van der Waals surface area (Å²) in [7, 11) is 0. The summed E-state index contributed by atoms with van der Waals surface area (Å²) < 4.78 is 46.2. The van der Waals surface area contributed by atoms with Crippen LogP contribution in [0.4, 0.5) is 13.2 Å². The number of hydrogen-bond donors (Lipinski definition) is 1. The second-order valence-electron chi connectivity index (χ2n) is 4.52. The van der Waals surface area contributed by atoms with Gasteiger partial charge in [0.05, 0.1) is 12.3 Å². The molecular weight excluding hydrogens is 283 g/mol. The Morgan fingerprint density at radius 3 is 2.67 bits per heavy atom. The molecule has 0 saturated carbocycles. The van der Waals surface area contributed by atoms with Crippen molar-refractivity contribution in [2.24, 2.45) is 0 Å². The molecule has 6 heteroatoms. The van der Waals surface area contributed by atoms with Crippen LogP contribution in [0, 0.1) is 0 Å². The first-order valence-electron chi connectivity index (χ1n) is 6.62. The van der Waals surface area contributed by atoms with Crippen LogP contribution in [0.1, 0.15) is 30.7 Å². The number of alkyl halides is 3. The molecule has 0 aliphatic heterocycles. The van der Waals surface area contributed by atoms with E-state index in [1.54, 1.807) is 18.2 Å². The molecule has 0 amide bonds. The molecule has 0 aliphatic rings. The van der Waals surface area contributed by atoms with Crippen molar-refractivity contribution >= 4 is 0 Å². The summed E-state index contributed by atoms with van der Waals surface area (Å²) >= 11 is 0. The van der Waals surface area contributed by atoms with E-state index >= 15 is 0 Å². The van der Waals surface area contributed by atoms with Crippen LogP contribution >= 0.6 is 0 Å². The van der Waals surface area contributed by atoms with E-state index in [4.69, 9.17) is 4.42 Å². The fourth-order valence-electron chi connectivity index (χ4n) is 2.02. The van der Waals surface area contributed by atoms with Gasteiger partial charge >= 0.3 is 6.36 Å². The maximum atomic E-state index is 12.3. The van der Waals surface area contributed by atoms with Crippen LogP contribution < -0.4 is 10.1 Å². The normalized spacial score (nSPS) is 13.1. The van der Waals surface area contributed by atoms with E-state index in [1.807, 2.05) is 6.92 Å². The van der Waals surface area contributed by atoms with E-state index < -0.39 is 6.36 Å². The molecule has 1 unspecified atom stereocenters. The number of benzene rings is 1. The predicted octanol–water partition coefficient (Wildman–Crippen LogP) is 4.27. The van der Waals surface area contributed by atoms with Crippen LogP contribution in [0.15, 0.2) is 47.1 Å². The molecule has 0 spiro atoms. The highest BCUT2D eigenvalue weighted by Crippen LogP contribution is 2.28. The Kier molecular flexibility index (Phi) is 4.90. The minimum absolute atomic E-state index is 0.241. The van der Waals surface area contributed by atoms with Crippen LogP contribution in [-0.4, -0.2) is 12.9 Å². The van der Waals surface area contributed by atoms with E-state index in [0.717, 1.165) is 13.0 Å². The Morgan fingerprint density at radius 2 is 2.05 bits per heavy atom. The second kappa shape index (κ2) is 6.67. The van der Waals surface area contributed by atoms with E-state index in [-0.39, 0.29) is 11.8 Å². The Labute approximate surface area is 120 Å². The lowest BCUT2D eigenvalue weighted by Crippen LogP contribution is -2.23. The topological polar surface area (TPSA) is 34.4 Å². The first kappa shape index (κ1) is 15.4. The average Bonchev–Trinajstić information content (AvgIpc) is 2.91. The summed E-state index contributed by atoms with van der Waals surface area (Å²) in [6, 6.07) is 9.12. The lowest BCUT2D eigenvalue weighted by Gasteiger charge is -2.18. The van der Waals surface area contributed by atoms with Gasteiger partial charge in [0, 0.05) is 0 Å². The first-order valence-corrected chi connectivity index (χ1v) is 6.62. The quantitative estimate of drug-likeness (QED) is 0.865. The predicted molar refractivity (Wildman–Crippen MR) is 72.0 cm³/mol. The van der Waals surface area contributed by atoms with Crippen molar-refractivity contribution in [2.45, 2.75) is 25.7 Å². The molecule has 1 heterocycles. The highest BCUT2D eigenvalue weighted by Gasteiger charge is 2.31. The molecule has 114 valence electrons. The first-order chi connectivity index (χ1) is 9.99. The van der Waals surface area contributed by atoms with Gasteiger partial charge in [-0.15, -0.1) is 13.2 Å². The van der Waals surface area contributed by atoms with Gasteiger partial charge in [0.15, 0.2) is 0 Å². The third-order valence-corrected chi connectivity index (χ3v) is 2.85. The molecule has 0 radical (unpaired) electrons. The number of hydrogen-bond acceptors (Lipinski definition) is 3. The van der Waals surface area contributed by atoms with Gasteiger partial charge < -0.3 is 14.5 Å². The van der Waals surface area contributed by atoms with E-state index in [1.165, 1.54) is 24.5 Å². The van der Waals surface area contributed by atoms with Crippen LogP contribution in [-0.2, 0) is 0 Å². The number of nitrogens with one attached hydrogen (secondary N) is 1. The number of rotatable bonds is 6. The van der Waals surface area contributed by atoms with Crippen molar-refractivity contribution in [3.05, 3.63) is 54.0 Å². The monoisotopic (exact) mass is 299 g/mol. The van der Waals surface area contributed by atoms with Crippen molar-refractivity contribution < 1.29 is 22.3 Å². The maximum absolute atomic E-state index is 12.3. The van der Waals surface area contributed by atoms with Gasteiger partial charge in [-0.1, -0.05) is 19.1 Å². The fraction of sp³-hybridized carbons (Fsp3) is 0.333. The van der Waals surface area contributed by atoms with Crippen molar-refractivity contribution in [2.75, 3.05) is 6.54 Å². The van der Waals surface area contributed by atoms with E-state index in [0.29, 0.717) is 11.3 Å². The molecule has 21 heavy (non-hydrogen) atoms. The standard InChI is InChI=1S/C15H16F3NO2/c1-2-8-19-14(13-7-4-9-20-13)11-5-3-6-12(10-11)21-15(16,17)18/h3-7,9-10,14,19H,2,8H2,1H3. The zero-order chi connectivity index (χ0) is 15.3. The summed E-state index contributed by atoms with van der Waals surface area (Å²) in [5.74, 6) is 0.405. The molecule has 2 aromatic rings. The summed E-state index contributed by atoms with van der Waals surface area (Å²) in [5.41, 5.74) is 0.653. The van der Waals surface area contributed by atoms with Crippen LogP contribution in [0.2, 0.25) is 0 Å². The zero-order valence-electron chi connectivity index (χ0n) is 11.5. The van der Waals surface area contributed by atoms with Gasteiger partial charge in [-0.25, -0.2) is 0 Å². The third kappa shape index (κ3) is 4.53. The highest BCUT2D eigenvalue weighted by molar-refractivity contribution is 5.34. The number of halogens is 3. The van der Waals surface area contributed by atoms with Crippen molar-refractivity contribution in [1.82, 2.24) is 5.32 Å². The minimum Gasteiger partial charge on any atom is -0.467 e. The van der Waals surface area contributed by atoms with Gasteiger partial charge in [0.2, 0.25) is 0 Å². The number of furan rings is 1. The van der Waals surface area contributed by atoms with Gasteiger partial charge in [-0.05, 0) is 42.8 Å². The molecule has 1 atom stereocenters. The number of ether oxygens (including phenoxy) is 1. The molecule has 0 saturated heterocycles. The van der Waals surface area contributed by atoms with Crippen molar-refractivity contribution in [1.29, 1.82) is 0 Å². The smallest absolute Gasteiger partial charge is 0.467 e. The van der Waals surface area contributed by atoms with Gasteiger partial charge in [-0.2, -0.15) is 0 Å².